The van der Waals surface area contributed by atoms with E-state index in [0.717, 1.165) is 5.56 Å². The van der Waals surface area contributed by atoms with Crippen molar-refractivity contribution >= 4 is 11.9 Å². The molecule has 2 aromatic rings. The Hall–Kier alpha value is -2.50. The van der Waals surface area contributed by atoms with Crippen LogP contribution >= 0.6 is 0 Å². The lowest BCUT2D eigenvalue weighted by Crippen LogP contribution is -2.25. The Kier molecular flexibility index (Phi) is 4.24. The van der Waals surface area contributed by atoms with Crippen LogP contribution in [0.3, 0.4) is 0 Å². The number of hydrogen-bond donors (Lipinski definition) is 1. The zero-order valence-corrected chi connectivity index (χ0v) is 11.8. The minimum Gasteiger partial charge on any atom is -0.348 e. The molecule has 0 saturated heterocycles. The van der Waals surface area contributed by atoms with Crippen LogP contribution in [0.2, 0.25) is 0 Å². The van der Waals surface area contributed by atoms with Crippen molar-refractivity contribution < 1.29 is 4.79 Å². The van der Waals surface area contributed by atoms with Crippen molar-refractivity contribution in [3.05, 3.63) is 47.5 Å². The van der Waals surface area contributed by atoms with Gasteiger partial charge in [0, 0.05) is 39.2 Å². The quantitative estimate of drug-likeness (QED) is 0.904. The molecule has 1 N–H and O–H groups in total. The highest BCUT2D eigenvalue weighted by molar-refractivity contribution is 5.94. The van der Waals surface area contributed by atoms with E-state index in [4.69, 9.17) is 0 Å². The average molecular weight is 271 g/mol. The molecule has 0 atom stereocenters. The van der Waals surface area contributed by atoms with E-state index in [-0.39, 0.29) is 5.91 Å². The summed E-state index contributed by atoms with van der Waals surface area (Å²) >= 11 is 0. The molecular formula is C14H17N5O. The lowest BCUT2D eigenvalue weighted by molar-refractivity contribution is 0.0949. The highest BCUT2D eigenvalue weighted by Gasteiger charge is 2.12. The van der Waals surface area contributed by atoms with Gasteiger partial charge >= 0.3 is 0 Å². The predicted molar refractivity (Wildman–Crippen MR) is 76.5 cm³/mol. The summed E-state index contributed by atoms with van der Waals surface area (Å²) in [4.78, 5) is 26.3. The maximum Gasteiger partial charge on any atom is 0.254 e. The van der Waals surface area contributed by atoms with Gasteiger partial charge in [0.1, 0.15) is 0 Å². The van der Waals surface area contributed by atoms with E-state index < -0.39 is 0 Å². The van der Waals surface area contributed by atoms with E-state index >= 15 is 0 Å². The molecule has 0 unspecified atom stereocenters. The maximum atomic E-state index is 12.1. The van der Waals surface area contributed by atoms with Crippen molar-refractivity contribution in [1.82, 2.24) is 20.3 Å². The van der Waals surface area contributed by atoms with E-state index in [1.807, 2.05) is 26.2 Å². The molecule has 2 rings (SSSR count). The number of aromatic nitrogens is 3. The third kappa shape index (κ3) is 3.28. The highest BCUT2D eigenvalue weighted by Crippen LogP contribution is 2.09. The smallest absolute Gasteiger partial charge is 0.254 e. The molecule has 6 heteroatoms. The summed E-state index contributed by atoms with van der Waals surface area (Å²) in [6.07, 6.45) is 4.97. The van der Waals surface area contributed by atoms with Crippen molar-refractivity contribution in [2.45, 2.75) is 13.5 Å². The molecule has 20 heavy (non-hydrogen) atoms. The summed E-state index contributed by atoms with van der Waals surface area (Å²) < 4.78 is 0. The van der Waals surface area contributed by atoms with Crippen LogP contribution in [0.15, 0.2) is 30.7 Å². The van der Waals surface area contributed by atoms with Crippen LogP contribution in [0.1, 0.15) is 21.6 Å². The van der Waals surface area contributed by atoms with Gasteiger partial charge in [0.25, 0.3) is 5.91 Å². The lowest BCUT2D eigenvalue weighted by Gasteiger charge is -2.12. The molecule has 0 saturated carbocycles. The molecule has 0 radical (unpaired) electrons. The Balaban J connectivity index is 2.06. The zero-order valence-electron chi connectivity index (χ0n) is 11.8. The fourth-order valence-corrected chi connectivity index (χ4v) is 1.67. The molecule has 1 amide bonds. The number of rotatable bonds is 4. The first-order valence-corrected chi connectivity index (χ1v) is 6.26. The van der Waals surface area contributed by atoms with E-state index in [2.05, 4.69) is 20.3 Å². The number of aryl methyl sites for hydroxylation is 1. The second-order valence-electron chi connectivity index (χ2n) is 4.61. The number of anilines is 1. The fourth-order valence-electron chi connectivity index (χ4n) is 1.67. The molecule has 0 spiro atoms. The van der Waals surface area contributed by atoms with E-state index in [1.165, 1.54) is 0 Å². The van der Waals surface area contributed by atoms with Gasteiger partial charge in [0.05, 0.1) is 11.3 Å². The van der Waals surface area contributed by atoms with Crippen molar-refractivity contribution in [3.8, 4) is 0 Å². The molecule has 0 aliphatic carbocycles. The second kappa shape index (κ2) is 6.10. The van der Waals surface area contributed by atoms with Gasteiger partial charge in [-0.2, -0.15) is 0 Å². The van der Waals surface area contributed by atoms with Gasteiger partial charge in [-0.3, -0.25) is 9.78 Å². The third-order valence-corrected chi connectivity index (χ3v) is 2.79. The monoisotopic (exact) mass is 271 g/mol. The minimum absolute atomic E-state index is 0.184. The number of amides is 1. The maximum absolute atomic E-state index is 12.1. The van der Waals surface area contributed by atoms with Crippen LogP contribution in [0.4, 0.5) is 5.95 Å². The van der Waals surface area contributed by atoms with Gasteiger partial charge in [-0.05, 0) is 18.6 Å². The number of pyridine rings is 1. The SMILES string of the molecule is Cc1nc(N(C)C)ncc1C(=O)NCc1cccnc1. The van der Waals surface area contributed by atoms with E-state index in [1.54, 1.807) is 30.4 Å². The average Bonchev–Trinajstić information content (AvgIpc) is 2.45. The molecule has 0 aliphatic heterocycles. The molecular weight excluding hydrogens is 254 g/mol. The Morgan fingerprint density at radius 3 is 2.75 bits per heavy atom. The standard InChI is InChI=1S/C14H17N5O/c1-10-12(9-17-14(18-10)19(2)3)13(20)16-8-11-5-4-6-15-7-11/h4-7,9H,8H2,1-3H3,(H,16,20). The first kappa shape index (κ1) is 13.9. The van der Waals surface area contributed by atoms with Gasteiger partial charge in [-0.25, -0.2) is 9.97 Å². The Bertz CT molecular complexity index is 598. The zero-order chi connectivity index (χ0) is 14.5. The predicted octanol–water partition coefficient (Wildman–Crippen LogP) is 1.18. The first-order valence-electron chi connectivity index (χ1n) is 6.26. The summed E-state index contributed by atoms with van der Waals surface area (Å²) in [6, 6.07) is 3.74. The third-order valence-electron chi connectivity index (χ3n) is 2.79. The molecule has 0 fully saturated rings. The number of nitrogens with one attached hydrogen (secondary N) is 1. The van der Waals surface area contributed by atoms with Gasteiger partial charge in [-0.1, -0.05) is 6.07 Å². The number of carbonyl (C=O) groups is 1. The normalized spacial score (nSPS) is 10.2. The molecule has 104 valence electrons. The van der Waals surface area contributed by atoms with Gasteiger partial charge in [0.15, 0.2) is 0 Å². The van der Waals surface area contributed by atoms with E-state index in [9.17, 15) is 4.79 Å². The van der Waals surface area contributed by atoms with Crippen LogP contribution in [0.5, 0.6) is 0 Å². The lowest BCUT2D eigenvalue weighted by atomic mass is 10.2. The number of nitrogens with zero attached hydrogens (tertiary/aromatic N) is 4. The van der Waals surface area contributed by atoms with Gasteiger partial charge < -0.3 is 10.2 Å². The molecule has 2 aromatic heterocycles. The summed E-state index contributed by atoms with van der Waals surface area (Å²) in [7, 11) is 3.72. The number of carbonyl (C=O) groups excluding carboxylic acids is 1. The van der Waals surface area contributed by atoms with Gasteiger partial charge in [-0.15, -0.1) is 0 Å². The molecule has 0 bridgehead atoms. The Labute approximate surface area is 117 Å². The summed E-state index contributed by atoms with van der Waals surface area (Å²) in [5.41, 5.74) is 2.09. The van der Waals surface area contributed by atoms with Gasteiger partial charge in [0.2, 0.25) is 5.95 Å². The molecule has 0 aliphatic rings. The largest absolute Gasteiger partial charge is 0.348 e. The highest BCUT2D eigenvalue weighted by atomic mass is 16.1. The summed E-state index contributed by atoms with van der Waals surface area (Å²) in [5.74, 6) is 0.406. The van der Waals surface area contributed by atoms with Crippen molar-refractivity contribution in [3.63, 3.8) is 0 Å². The van der Waals surface area contributed by atoms with Crippen LogP contribution in [-0.4, -0.2) is 35.0 Å². The Morgan fingerprint density at radius 2 is 2.15 bits per heavy atom. The van der Waals surface area contributed by atoms with E-state index in [0.29, 0.717) is 23.8 Å². The summed E-state index contributed by atoms with van der Waals surface area (Å²) in [5, 5.41) is 2.83. The molecule has 6 nitrogen and oxygen atoms in total. The first-order chi connectivity index (χ1) is 9.58. The van der Waals surface area contributed by atoms with Crippen molar-refractivity contribution in [2.75, 3.05) is 19.0 Å². The molecule has 2 heterocycles. The number of hydrogen-bond acceptors (Lipinski definition) is 5. The molecule has 0 aromatic carbocycles. The van der Waals surface area contributed by atoms with Crippen LogP contribution < -0.4 is 10.2 Å². The minimum atomic E-state index is -0.184. The van der Waals surface area contributed by atoms with Crippen LogP contribution in [0.25, 0.3) is 0 Å². The topological polar surface area (TPSA) is 71.0 Å². The van der Waals surface area contributed by atoms with Crippen molar-refractivity contribution in [2.24, 2.45) is 0 Å². The second-order valence-corrected chi connectivity index (χ2v) is 4.61. The Morgan fingerprint density at radius 1 is 1.35 bits per heavy atom. The van der Waals surface area contributed by atoms with Crippen LogP contribution in [0, 0.1) is 6.92 Å². The fraction of sp³-hybridized carbons (Fsp3) is 0.286. The van der Waals surface area contributed by atoms with Crippen LogP contribution in [-0.2, 0) is 6.54 Å². The van der Waals surface area contributed by atoms with Crippen molar-refractivity contribution in [1.29, 1.82) is 0 Å². The summed E-state index contributed by atoms with van der Waals surface area (Å²) in [6.45, 7) is 2.23.